The summed E-state index contributed by atoms with van der Waals surface area (Å²) in [4.78, 5) is 29.3. The van der Waals surface area contributed by atoms with Crippen molar-refractivity contribution in [2.45, 2.75) is 26.8 Å². The second kappa shape index (κ2) is 6.72. The Morgan fingerprint density at radius 1 is 1.42 bits per heavy atom. The molecule has 0 bridgehead atoms. The van der Waals surface area contributed by atoms with Gasteiger partial charge in [-0.2, -0.15) is 0 Å². The topological polar surface area (TPSA) is 82.5 Å². The van der Waals surface area contributed by atoms with Crippen molar-refractivity contribution in [1.29, 1.82) is 0 Å². The van der Waals surface area contributed by atoms with Crippen LogP contribution in [-0.2, 0) is 4.79 Å². The van der Waals surface area contributed by atoms with Crippen LogP contribution in [0.3, 0.4) is 0 Å². The molecule has 1 aromatic rings. The van der Waals surface area contributed by atoms with Crippen LogP contribution in [0.25, 0.3) is 0 Å². The van der Waals surface area contributed by atoms with Crippen molar-refractivity contribution in [2.24, 2.45) is 0 Å². The number of aromatic hydroxyl groups is 1. The molecule has 1 atom stereocenters. The summed E-state index contributed by atoms with van der Waals surface area (Å²) in [6.45, 7) is 6.54. The lowest BCUT2D eigenvalue weighted by Gasteiger charge is -2.23. The summed E-state index contributed by atoms with van der Waals surface area (Å²) in [5.74, 6) is -0.928. The number of aromatic nitrogens is 1. The molecule has 1 heterocycles. The quantitative estimate of drug-likeness (QED) is 0.824. The minimum absolute atomic E-state index is 0.0818. The van der Waals surface area contributed by atoms with Crippen LogP contribution in [-0.4, -0.2) is 45.9 Å². The van der Waals surface area contributed by atoms with Gasteiger partial charge in [0.2, 0.25) is 5.91 Å². The van der Waals surface area contributed by atoms with E-state index in [-0.39, 0.29) is 17.4 Å². The van der Waals surface area contributed by atoms with Gasteiger partial charge in [-0.25, -0.2) is 4.98 Å². The zero-order valence-corrected chi connectivity index (χ0v) is 11.4. The maximum Gasteiger partial charge on any atom is 0.274 e. The first kappa shape index (κ1) is 14.9. The van der Waals surface area contributed by atoms with Crippen LogP contribution in [0.5, 0.6) is 5.75 Å². The monoisotopic (exact) mass is 265 g/mol. The van der Waals surface area contributed by atoms with E-state index < -0.39 is 11.9 Å². The molecule has 0 aliphatic heterocycles. The van der Waals surface area contributed by atoms with Crippen molar-refractivity contribution in [3.8, 4) is 5.75 Å². The van der Waals surface area contributed by atoms with Crippen LogP contribution in [0, 0.1) is 0 Å². The first-order valence-electron chi connectivity index (χ1n) is 6.24. The molecule has 0 saturated carbocycles. The van der Waals surface area contributed by atoms with Gasteiger partial charge in [0.1, 0.15) is 11.8 Å². The smallest absolute Gasteiger partial charge is 0.274 e. The standard InChI is InChI=1S/C13H19N3O3/c1-4-16(5-2)13(19)9(3)15-12(18)11-10(17)7-6-8-14-11/h6-9,17H,4-5H2,1-3H3,(H,15,18). The maximum atomic E-state index is 12.0. The molecule has 6 heteroatoms. The molecule has 2 N–H and O–H groups in total. The van der Waals surface area contributed by atoms with E-state index in [1.165, 1.54) is 18.3 Å². The van der Waals surface area contributed by atoms with Crippen LogP contribution in [0.1, 0.15) is 31.3 Å². The Kier molecular flexibility index (Phi) is 5.29. The summed E-state index contributed by atoms with van der Waals surface area (Å²) in [6.07, 6.45) is 1.41. The summed E-state index contributed by atoms with van der Waals surface area (Å²) < 4.78 is 0. The second-order valence-electron chi connectivity index (χ2n) is 4.08. The predicted molar refractivity (Wildman–Crippen MR) is 70.8 cm³/mol. The van der Waals surface area contributed by atoms with E-state index >= 15 is 0 Å². The number of pyridine rings is 1. The van der Waals surface area contributed by atoms with Crippen molar-refractivity contribution < 1.29 is 14.7 Å². The normalized spacial score (nSPS) is 11.7. The molecular formula is C13H19N3O3. The highest BCUT2D eigenvalue weighted by Crippen LogP contribution is 2.12. The number of hydrogen-bond acceptors (Lipinski definition) is 4. The largest absolute Gasteiger partial charge is 0.505 e. The molecule has 0 fully saturated rings. The number of amides is 2. The Hall–Kier alpha value is -2.11. The summed E-state index contributed by atoms with van der Waals surface area (Å²) in [6, 6.07) is 2.24. The molecule has 0 aliphatic rings. The van der Waals surface area contributed by atoms with Crippen molar-refractivity contribution >= 4 is 11.8 Å². The van der Waals surface area contributed by atoms with Gasteiger partial charge >= 0.3 is 0 Å². The van der Waals surface area contributed by atoms with Gasteiger partial charge in [-0.3, -0.25) is 9.59 Å². The lowest BCUT2D eigenvalue weighted by Crippen LogP contribution is -2.47. The third-order valence-electron chi connectivity index (χ3n) is 2.79. The Morgan fingerprint density at radius 3 is 2.58 bits per heavy atom. The van der Waals surface area contributed by atoms with Crippen LogP contribution >= 0.6 is 0 Å². The summed E-state index contributed by atoms with van der Waals surface area (Å²) >= 11 is 0. The second-order valence-corrected chi connectivity index (χ2v) is 4.08. The Bertz CT molecular complexity index is 458. The van der Waals surface area contributed by atoms with Gasteiger partial charge in [0.15, 0.2) is 5.69 Å². The lowest BCUT2D eigenvalue weighted by atomic mass is 10.2. The summed E-state index contributed by atoms with van der Waals surface area (Å²) in [5.41, 5.74) is -0.0818. The molecule has 2 amide bonds. The lowest BCUT2D eigenvalue weighted by molar-refractivity contribution is -0.132. The van der Waals surface area contributed by atoms with Crippen LogP contribution in [0.4, 0.5) is 0 Å². The van der Waals surface area contributed by atoms with Gasteiger partial charge < -0.3 is 15.3 Å². The van der Waals surface area contributed by atoms with Crippen molar-refractivity contribution in [1.82, 2.24) is 15.2 Å². The molecule has 0 radical (unpaired) electrons. The van der Waals surface area contributed by atoms with Crippen LogP contribution in [0.15, 0.2) is 18.3 Å². The average Bonchev–Trinajstić information content (AvgIpc) is 2.40. The number of carbonyl (C=O) groups excluding carboxylic acids is 2. The van der Waals surface area contributed by atoms with Crippen LogP contribution < -0.4 is 5.32 Å². The number of hydrogen-bond donors (Lipinski definition) is 2. The minimum atomic E-state index is -0.659. The Morgan fingerprint density at radius 2 is 2.05 bits per heavy atom. The van der Waals surface area contributed by atoms with Crippen LogP contribution in [0.2, 0.25) is 0 Å². The van der Waals surface area contributed by atoms with Gasteiger partial charge in [-0.1, -0.05) is 0 Å². The molecule has 6 nitrogen and oxygen atoms in total. The molecule has 1 rings (SSSR count). The van der Waals surface area contributed by atoms with Gasteiger partial charge in [0.05, 0.1) is 0 Å². The fourth-order valence-corrected chi connectivity index (χ4v) is 1.71. The van der Waals surface area contributed by atoms with E-state index in [9.17, 15) is 14.7 Å². The van der Waals surface area contributed by atoms with Gasteiger partial charge in [-0.05, 0) is 32.9 Å². The molecule has 0 saturated heterocycles. The molecule has 0 aromatic carbocycles. The Balaban J connectivity index is 2.72. The molecule has 19 heavy (non-hydrogen) atoms. The number of nitrogens with one attached hydrogen (secondary N) is 1. The van der Waals surface area contributed by atoms with Gasteiger partial charge in [0, 0.05) is 19.3 Å². The number of carbonyl (C=O) groups is 2. The average molecular weight is 265 g/mol. The molecule has 0 spiro atoms. The molecular weight excluding hydrogens is 246 g/mol. The molecule has 0 aliphatic carbocycles. The van der Waals surface area contributed by atoms with E-state index in [4.69, 9.17) is 0 Å². The van der Waals surface area contributed by atoms with E-state index in [2.05, 4.69) is 10.3 Å². The SMILES string of the molecule is CCN(CC)C(=O)C(C)NC(=O)c1ncccc1O. The number of likely N-dealkylation sites (N-methyl/N-ethyl adjacent to an activating group) is 1. The van der Waals surface area contributed by atoms with E-state index in [0.29, 0.717) is 13.1 Å². The molecule has 1 unspecified atom stereocenters. The maximum absolute atomic E-state index is 12.0. The fraction of sp³-hybridized carbons (Fsp3) is 0.462. The third kappa shape index (κ3) is 3.67. The number of nitrogens with zero attached hydrogens (tertiary/aromatic N) is 2. The van der Waals surface area contributed by atoms with Crippen molar-refractivity contribution in [2.75, 3.05) is 13.1 Å². The van der Waals surface area contributed by atoms with E-state index in [1.807, 2.05) is 13.8 Å². The zero-order valence-electron chi connectivity index (χ0n) is 11.4. The fourth-order valence-electron chi connectivity index (χ4n) is 1.71. The first-order valence-corrected chi connectivity index (χ1v) is 6.24. The van der Waals surface area contributed by atoms with E-state index in [0.717, 1.165) is 0 Å². The summed E-state index contributed by atoms with van der Waals surface area (Å²) in [7, 11) is 0. The summed E-state index contributed by atoms with van der Waals surface area (Å²) in [5, 5.41) is 12.0. The Labute approximate surface area is 112 Å². The highest BCUT2D eigenvalue weighted by molar-refractivity contribution is 5.97. The highest BCUT2D eigenvalue weighted by Gasteiger charge is 2.22. The van der Waals surface area contributed by atoms with Crippen molar-refractivity contribution in [3.63, 3.8) is 0 Å². The number of rotatable bonds is 5. The first-order chi connectivity index (χ1) is 9.01. The van der Waals surface area contributed by atoms with Crippen molar-refractivity contribution in [3.05, 3.63) is 24.0 Å². The van der Waals surface area contributed by atoms with Gasteiger partial charge in [0.25, 0.3) is 5.91 Å². The third-order valence-corrected chi connectivity index (χ3v) is 2.79. The minimum Gasteiger partial charge on any atom is -0.505 e. The molecule has 1 aromatic heterocycles. The highest BCUT2D eigenvalue weighted by atomic mass is 16.3. The van der Waals surface area contributed by atoms with Gasteiger partial charge in [-0.15, -0.1) is 0 Å². The predicted octanol–water partition coefficient (Wildman–Crippen LogP) is 0.774. The van der Waals surface area contributed by atoms with E-state index in [1.54, 1.807) is 11.8 Å². The molecule has 104 valence electrons. The zero-order chi connectivity index (χ0) is 14.4.